The quantitative estimate of drug-likeness (QED) is 0.172. The van der Waals surface area contributed by atoms with Crippen LogP contribution >= 0.6 is 0 Å². The predicted octanol–water partition coefficient (Wildman–Crippen LogP) is 7.18. The maximum Gasteiger partial charge on any atom is 0.303 e. The van der Waals surface area contributed by atoms with E-state index in [-0.39, 0.29) is 29.2 Å². The number of nitrogens with one attached hydrogen (secondary N) is 2. The molecule has 4 aromatic rings. The van der Waals surface area contributed by atoms with Crippen molar-refractivity contribution in [2.45, 2.75) is 31.9 Å². The van der Waals surface area contributed by atoms with Crippen LogP contribution in [0.3, 0.4) is 0 Å². The second-order valence-electron chi connectivity index (χ2n) is 11.3. The number of hydrogen-bond acceptors (Lipinski definition) is 5. The number of carbonyl (C=O) groups excluding carboxylic acids is 1. The highest BCUT2D eigenvalue weighted by atomic mass is 19.1. The normalized spacial score (nSPS) is 22.0. The molecule has 1 heterocycles. The van der Waals surface area contributed by atoms with Crippen molar-refractivity contribution in [3.63, 3.8) is 0 Å². The molecule has 0 amide bonds. The molecule has 0 radical (unpaired) electrons. The van der Waals surface area contributed by atoms with Crippen LogP contribution in [0.4, 0.5) is 15.8 Å². The molecule has 2 aliphatic rings. The van der Waals surface area contributed by atoms with Gasteiger partial charge in [0.05, 0.1) is 0 Å². The molecule has 4 atom stereocenters. The van der Waals surface area contributed by atoms with Crippen LogP contribution in [0.15, 0.2) is 97.1 Å². The lowest BCUT2D eigenvalue weighted by molar-refractivity contribution is -0.148. The lowest BCUT2D eigenvalue weighted by Crippen LogP contribution is -2.32. The van der Waals surface area contributed by atoms with Crippen molar-refractivity contribution in [2.24, 2.45) is 11.8 Å². The summed E-state index contributed by atoms with van der Waals surface area (Å²) in [6.07, 6.45) is 1.02. The molecule has 1 aliphatic heterocycles. The number of piperidine rings is 1. The van der Waals surface area contributed by atoms with Gasteiger partial charge >= 0.3 is 5.97 Å². The number of rotatable bonds is 9. The smallest absolute Gasteiger partial charge is 0.303 e. The Bertz CT molecular complexity index is 1560. The average Bonchev–Trinajstić information content (AvgIpc) is 3.42. The monoisotopic (exact) mass is 547 g/mol. The number of halogens is 1. The minimum atomic E-state index is -0.350. The Morgan fingerprint density at radius 3 is 2.41 bits per heavy atom. The van der Waals surface area contributed by atoms with Gasteiger partial charge in [-0.1, -0.05) is 60.7 Å². The highest BCUT2D eigenvalue weighted by Crippen LogP contribution is 2.69. The van der Waals surface area contributed by atoms with Gasteiger partial charge in [-0.15, -0.1) is 0 Å². The fraction of sp³-hybridized carbons (Fsp3) is 0.257. The highest BCUT2D eigenvalue weighted by molar-refractivity contribution is 5.88. The molecule has 2 fully saturated rings. The van der Waals surface area contributed by atoms with Gasteiger partial charge in [0.25, 0.3) is 0 Å². The predicted molar refractivity (Wildman–Crippen MR) is 160 cm³/mol. The SMILES string of the molecule is CC(=O)OC(c1ccccc1)C1C2CN(Cc3ccccc3)CC21c1cc(C=N)c(Nc2ccc(F)cc2)cc1C. The molecule has 6 heteroatoms. The molecule has 208 valence electrons. The first-order chi connectivity index (χ1) is 19.9. The zero-order valence-electron chi connectivity index (χ0n) is 23.3. The van der Waals surface area contributed by atoms with Crippen LogP contribution < -0.4 is 5.32 Å². The van der Waals surface area contributed by atoms with E-state index < -0.39 is 0 Å². The molecule has 0 bridgehead atoms. The van der Waals surface area contributed by atoms with Gasteiger partial charge in [-0.25, -0.2) is 4.39 Å². The van der Waals surface area contributed by atoms with Crippen molar-refractivity contribution in [1.29, 1.82) is 5.41 Å². The summed E-state index contributed by atoms with van der Waals surface area (Å²) in [5, 5.41) is 11.6. The van der Waals surface area contributed by atoms with E-state index in [9.17, 15) is 9.18 Å². The first-order valence-corrected chi connectivity index (χ1v) is 14.1. The molecule has 0 aromatic heterocycles. The van der Waals surface area contributed by atoms with E-state index in [1.54, 1.807) is 12.1 Å². The number of ether oxygens (including phenoxy) is 1. The largest absolute Gasteiger partial charge is 0.457 e. The Balaban J connectivity index is 1.39. The number of nitrogens with zero attached hydrogens (tertiary/aromatic N) is 1. The van der Waals surface area contributed by atoms with Gasteiger partial charge in [-0.2, -0.15) is 0 Å². The van der Waals surface area contributed by atoms with Gasteiger partial charge in [0.15, 0.2) is 0 Å². The number of hydrogen-bond donors (Lipinski definition) is 2. The topological polar surface area (TPSA) is 65.4 Å². The van der Waals surface area contributed by atoms with Crippen LogP contribution in [0, 0.1) is 30.0 Å². The molecule has 41 heavy (non-hydrogen) atoms. The summed E-state index contributed by atoms with van der Waals surface area (Å²) in [6.45, 7) is 6.19. The van der Waals surface area contributed by atoms with Gasteiger partial charge < -0.3 is 15.5 Å². The number of anilines is 2. The summed E-state index contributed by atoms with van der Waals surface area (Å²) in [6, 6.07) is 31.0. The van der Waals surface area contributed by atoms with E-state index in [2.05, 4.69) is 53.5 Å². The molecule has 2 N–H and O–H groups in total. The Kier molecular flexibility index (Phi) is 7.18. The zero-order chi connectivity index (χ0) is 28.6. The van der Waals surface area contributed by atoms with E-state index in [4.69, 9.17) is 10.1 Å². The third-order valence-electron chi connectivity index (χ3n) is 8.69. The lowest BCUT2D eigenvalue weighted by atomic mass is 9.85. The maximum absolute atomic E-state index is 13.5. The summed E-state index contributed by atoms with van der Waals surface area (Å²) in [4.78, 5) is 14.8. The van der Waals surface area contributed by atoms with Crippen molar-refractivity contribution in [3.05, 3.63) is 131 Å². The standard InChI is InChI=1S/C35H34FN3O2/c1-23-17-32(38-29-15-13-28(36)14-16-29)27(19-37)18-30(23)35-22-39(20-25-9-5-3-6-10-25)21-31(35)33(35)34(41-24(2)40)26-11-7-4-8-12-26/h3-19,31,33-34,37-38H,20-22H2,1-2H3. The number of carbonyl (C=O) groups is 1. The maximum atomic E-state index is 13.5. The van der Waals surface area contributed by atoms with Crippen molar-refractivity contribution in [1.82, 2.24) is 4.90 Å². The Hall–Kier alpha value is -4.29. The molecule has 1 saturated heterocycles. The van der Waals surface area contributed by atoms with Crippen LogP contribution in [0.2, 0.25) is 0 Å². The Labute approximate surface area is 240 Å². The second-order valence-corrected chi connectivity index (χ2v) is 11.3. The molecule has 4 unspecified atom stereocenters. The molecule has 5 nitrogen and oxygen atoms in total. The fourth-order valence-electron chi connectivity index (χ4n) is 6.98. The molecule has 1 saturated carbocycles. The third-order valence-corrected chi connectivity index (χ3v) is 8.69. The van der Waals surface area contributed by atoms with E-state index in [0.717, 1.165) is 47.7 Å². The molecule has 6 rings (SSSR count). The van der Waals surface area contributed by atoms with Crippen LogP contribution in [0.25, 0.3) is 0 Å². The van der Waals surface area contributed by atoms with Crippen LogP contribution in [0.5, 0.6) is 0 Å². The number of esters is 1. The van der Waals surface area contributed by atoms with E-state index >= 15 is 0 Å². The minimum Gasteiger partial charge on any atom is -0.457 e. The van der Waals surface area contributed by atoms with Crippen LogP contribution in [-0.4, -0.2) is 30.2 Å². The number of aryl methyl sites for hydroxylation is 1. The number of fused-ring (bicyclic) bond motifs is 1. The van der Waals surface area contributed by atoms with Crippen molar-refractivity contribution in [3.8, 4) is 0 Å². The minimum absolute atomic E-state index is 0.119. The second kappa shape index (κ2) is 10.9. The number of likely N-dealkylation sites (tertiary alicyclic amines) is 1. The average molecular weight is 548 g/mol. The summed E-state index contributed by atoms with van der Waals surface area (Å²) in [7, 11) is 0. The first-order valence-electron chi connectivity index (χ1n) is 14.1. The molecule has 1 aliphatic carbocycles. The zero-order valence-corrected chi connectivity index (χ0v) is 23.3. The summed E-state index contributed by atoms with van der Waals surface area (Å²) in [5.74, 6) is -0.157. The van der Waals surface area contributed by atoms with E-state index in [0.29, 0.717) is 5.92 Å². The van der Waals surface area contributed by atoms with Crippen LogP contribution in [-0.2, 0) is 21.5 Å². The third kappa shape index (κ3) is 5.16. The van der Waals surface area contributed by atoms with Gasteiger partial charge in [0, 0.05) is 61.0 Å². The van der Waals surface area contributed by atoms with Crippen molar-refractivity contribution in [2.75, 3.05) is 18.4 Å². The number of benzene rings is 4. The molecule has 0 spiro atoms. The van der Waals surface area contributed by atoms with E-state index in [1.807, 2.05) is 36.4 Å². The van der Waals surface area contributed by atoms with Crippen molar-refractivity contribution >= 4 is 23.6 Å². The van der Waals surface area contributed by atoms with E-state index in [1.165, 1.54) is 36.4 Å². The molecular weight excluding hydrogens is 513 g/mol. The summed E-state index contributed by atoms with van der Waals surface area (Å²) < 4.78 is 19.5. The van der Waals surface area contributed by atoms with Gasteiger partial charge in [-0.3, -0.25) is 9.69 Å². The van der Waals surface area contributed by atoms with Gasteiger partial charge in [-0.05, 0) is 71.5 Å². The fourth-order valence-corrected chi connectivity index (χ4v) is 6.98. The Morgan fingerprint density at radius 2 is 1.76 bits per heavy atom. The van der Waals surface area contributed by atoms with Gasteiger partial charge in [0.1, 0.15) is 11.9 Å². The highest BCUT2D eigenvalue weighted by Gasteiger charge is 2.72. The van der Waals surface area contributed by atoms with Gasteiger partial charge in [0.2, 0.25) is 0 Å². The van der Waals surface area contributed by atoms with Crippen molar-refractivity contribution < 1.29 is 13.9 Å². The lowest BCUT2D eigenvalue weighted by Gasteiger charge is -2.29. The molecule has 4 aromatic carbocycles. The van der Waals surface area contributed by atoms with Crippen LogP contribution in [0.1, 0.15) is 40.8 Å². The first kappa shape index (κ1) is 26.9. The summed E-state index contributed by atoms with van der Waals surface area (Å²) in [5.41, 5.74) is 6.70. The molecular formula is C35H34FN3O2. The summed E-state index contributed by atoms with van der Waals surface area (Å²) >= 11 is 0. The Morgan fingerprint density at radius 1 is 1.07 bits per heavy atom.